The van der Waals surface area contributed by atoms with E-state index in [2.05, 4.69) is 9.55 Å². The lowest BCUT2D eigenvalue weighted by Crippen LogP contribution is -2.10. The fourth-order valence-electron chi connectivity index (χ4n) is 2.97. The van der Waals surface area contributed by atoms with Crippen molar-refractivity contribution in [1.29, 1.82) is 0 Å². The Hall–Kier alpha value is -2.10. The summed E-state index contributed by atoms with van der Waals surface area (Å²) >= 11 is 0. The van der Waals surface area contributed by atoms with Crippen molar-refractivity contribution in [2.45, 2.75) is 39.2 Å². The number of carbonyl (C=O) groups excluding carboxylic acids is 1. The molecule has 4 heteroatoms. The van der Waals surface area contributed by atoms with Crippen LogP contribution in [-0.2, 0) is 19.4 Å². The lowest BCUT2D eigenvalue weighted by Gasteiger charge is -2.16. The van der Waals surface area contributed by atoms with E-state index < -0.39 is 0 Å². The second kappa shape index (κ2) is 5.72. The summed E-state index contributed by atoms with van der Waals surface area (Å²) in [5, 5.41) is 0. The molecule has 21 heavy (non-hydrogen) atoms. The van der Waals surface area contributed by atoms with Crippen LogP contribution in [0.4, 0.5) is 0 Å². The minimum absolute atomic E-state index is 0.0755. The van der Waals surface area contributed by atoms with Crippen molar-refractivity contribution in [3.05, 3.63) is 47.0 Å². The Labute approximate surface area is 124 Å². The van der Waals surface area contributed by atoms with Gasteiger partial charge in [-0.25, -0.2) is 4.98 Å². The van der Waals surface area contributed by atoms with Crippen molar-refractivity contribution >= 4 is 5.78 Å². The second-order valence-electron chi connectivity index (χ2n) is 5.56. The molecule has 0 saturated heterocycles. The smallest absolute Gasteiger partial charge is 0.159 e. The van der Waals surface area contributed by atoms with Crippen LogP contribution in [-0.4, -0.2) is 22.4 Å². The Morgan fingerprint density at radius 3 is 2.90 bits per heavy atom. The highest BCUT2D eigenvalue weighted by Gasteiger charge is 2.16. The summed E-state index contributed by atoms with van der Waals surface area (Å²) in [6.45, 7) is 2.29. The number of nitrogens with zero attached hydrogens (tertiary/aromatic N) is 2. The van der Waals surface area contributed by atoms with E-state index in [4.69, 9.17) is 4.74 Å². The van der Waals surface area contributed by atoms with Gasteiger partial charge in [-0.05, 0) is 50.8 Å². The van der Waals surface area contributed by atoms with Gasteiger partial charge in [0.05, 0.1) is 25.7 Å². The molecule has 0 spiro atoms. The summed E-state index contributed by atoms with van der Waals surface area (Å²) in [5.41, 5.74) is 4.30. The van der Waals surface area contributed by atoms with Crippen LogP contribution in [0.2, 0.25) is 0 Å². The summed E-state index contributed by atoms with van der Waals surface area (Å²) in [6.07, 6.45) is 6.53. The zero-order valence-corrected chi connectivity index (χ0v) is 12.6. The van der Waals surface area contributed by atoms with Gasteiger partial charge in [0, 0.05) is 16.8 Å². The number of rotatable bonds is 4. The summed E-state index contributed by atoms with van der Waals surface area (Å²) in [6, 6.07) is 5.61. The van der Waals surface area contributed by atoms with Crippen molar-refractivity contribution in [2.24, 2.45) is 0 Å². The molecule has 0 radical (unpaired) electrons. The third-order valence-electron chi connectivity index (χ3n) is 4.14. The van der Waals surface area contributed by atoms with Crippen LogP contribution in [0.5, 0.6) is 5.75 Å². The number of aryl methyl sites for hydroxylation is 1. The molecule has 0 bridgehead atoms. The minimum Gasteiger partial charge on any atom is -0.496 e. The van der Waals surface area contributed by atoms with Gasteiger partial charge in [-0.15, -0.1) is 0 Å². The van der Waals surface area contributed by atoms with Gasteiger partial charge >= 0.3 is 0 Å². The number of Topliss-reactive ketones (excluding diaryl/α,β-unsaturated/α-hetero) is 1. The van der Waals surface area contributed by atoms with E-state index >= 15 is 0 Å². The molecule has 1 aliphatic carbocycles. The van der Waals surface area contributed by atoms with Gasteiger partial charge in [0.1, 0.15) is 5.75 Å². The molecule has 4 nitrogen and oxygen atoms in total. The highest BCUT2D eigenvalue weighted by Crippen LogP contribution is 2.25. The van der Waals surface area contributed by atoms with Crippen LogP contribution >= 0.6 is 0 Å². The van der Waals surface area contributed by atoms with Gasteiger partial charge < -0.3 is 9.30 Å². The fraction of sp³-hybridized carbons (Fsp3) is 0.412. The molecule has 1 aromatic heterocycles. The van der Waals surface area contributed by atoms with Gasteiger partial charge in [-0.1, -0.05) is 0 Å². The van der Waals surface area contributed by atoms with Gasteiger partial charge in [0.25, 0.3) is 0 Å². The molecule has 0 amide bonds. The average molecular weight is 284 g/mol. The van der Waals surface area contributed by atoms with E-state index in [1.807, 2.05) is 24.5 Å². The molecule has 1 aliphatic rings. The summed E-state index contributed by atoms with van der Waals surface area (Å²) in [4.78, 5) is 16.1. The molecule has 3 rings (SSSR count). The Morgan fingerprint density at radius 1 is 1.33 bits per heavy atom. The largest absolute Gasteiger partial charge is 0.496 e. The van der Waals surface area contributed by atoms with Crippen LogP contribution in [0.3, 0.4) is 0 Å². The monoisotopic (exact) mass is 284 g/mol. The van der Waals surface area contributed by atoms with Crippen LogP contribution in [0.15, 0.2) is 24.5 Å². The highest BCUT2D eigenvalue weighted by atomic mass is 16.5. The zero-order chi connectivity index (χ0) is 14.8. The Kier molecular flexibility index (Phi) is 3.78. The standard InChI is InChI=1S/C17H20N2O2/c1-12(20)13-7-8-17(21-2)14(9-13)10-19-11-18-15-5-3-4-6-16(15)19/h7-9,11H,3-6,10H2,1-2H3. The van der Waals surface area contributed by atoms with Crippen LogP contribution in [0.1, 0.15) is 47.1 Å². The lowest BCUT2D eigenvalue weighted by molar-refractivity contribution is 0.101. The highest BCUT2D eigenvalue weighted by molar-refractivity contribution is 5.94. The van der Waals surface area contributed by atoms with E-state index in [1.54, 1.807) is 14.0 Å². The number of hydrogen-bond acceptors (Lipinski definition) is 3. The van der Waals surface area contributed by atoms with Crippen molar-refractivity contribution in [2.75, 3.05) is 7.11 Å². The molecular weight excluding hydrogens is 264 g/mol. The van der Waals surface area contributed by atoms with E-state index in [0.717, 1.165) is 29.7 Å². The molecule has 110 valence electrons. The fourth-order valence-corrected chi connectivity index (χ4v) is 2.97. The molecule has 0 N–H and O–H groups in total. The summed E-state index contributed by atoms with van der Waals surface area (Å²) in [7, 11) is 1.66. The second-order valence-corrected chi connectivity index (χ2v) is 5.56. The number of methoxy groups -OCH3 is 1. The maximum Gasteiger partial charge on any atom is 0.159 e. The first-order valence-corrected chi connectivity index (χ1v) is 7.40. The first kappa shape index (κ1) is 13.9. The number of hydrogen-bond donors (Lipinski definition) is 0. The number of benzene rings is 1. The van der Waals surface area contributed by atoms with Gasteiger partial charge in [-0.3, -0.25) is 4.79 Å². The first-order chi connectivity index (χ1) is 10.2. The van der Waals surface area contributed by atoms with E-state index in [9.17, 15) is 4.79 Å². The van der Waals surface area contributed by atoms with Gasteiger partial charge in [-0.2, -0.15) is 0 Å². The Morgan fingerprint density at radius 2 is 2.14 bits per heavy atom. The maximum atomic E-state index is 11.6. The molecule has 0 aliphatic heterocycles. The van der Waals surface area contributed by atoms with Crippen molar-refractivity contribution in [3.63, 3.8) is 0 Å². The normalized spacial score (nSPS) is 13.8. The predicted octanol–water partition coefficient (Wildman–Crippen LogP) is 3.02. The molecule has 0 atom stereocenters. The third kappa shape index (κ3) is 2.71. The van der Waals surface area contributed by atoms with Gasteiger partial charge in [0.15, 0.2) is 5.78 Å². The molecule has 0 unspecified atom stereocenters. The SMILES string of the molecule is COc1ccc(C(C)=O)cc1Cn1cnc2c1CCCC2. The summed E-state index contributed by atoms with van der Waals surface area (Å²) < 4.78 is 7.62. The number of ketones is 1. The first-order valence-electron chi connectivity index (χ1n) is 7.40. The van der Waals surface area contributed by atoms with Crippen LogP contribution in [0, 0.1) is 0 Å². The zero-order valence-electron chi connectivity index (χ0n) is 12.6. The van der Waals surface area contributed by atoms with Crippen LogP contribution in [0.25, 0.3) is 0 Å². The summed E-state index contributed by atoms with van der Waals surface area (Å²) in [5.74, 6) is 0.893. The average Bonchev–Trinajstić information content (AvgIpc) is 2.90. The van der Waals surface area contributed by atoms with E-state index in [1.165, 1.54) is 24.2 Å². The number of ether oxygens (including phenoxy) is 1. The molecule has 2 aromatic rings. The minimum atomic E-state index is 0.0755. The van der Waals surface area contributed by atoms with E-state index in [-0.39, 0.29) is 5.78 Å². The molecule has 0 fully saturated rings. The molecule has 1 heterocycles. The molecular formula is C17H20N2O2. The van der Waals surface area contributed by atoms with E-state index in [0.29, 0.717) is 6.54 Å². The predicted molar refractivity (Wildman–Crippen MR) is 81.0 cm³/mol. The Balaban J connectivity index is 1.95. The van der Waals surface area contributed by atoms with Crippen LogP contribution < -0.4 is 4.74 Å². The topological polar surface area (TPSA) is 44.1 Å². The molecule has 1 aromatic carbocycles. The van der Waals surface area contributed by atoms with Gasteiger partial charge in [0.2, 0.25) is 0 Å². The lowest BCUT2D eigenvalue weighted by atomic mass is 10.0. The van der Waals surface area contributed by atoms with Crippen molar-refractivity contribution in [3.8, 4) is 5.75 Å². The third-order valence-corrected chi connectivity index (χ3v) is 4.14. The Bertz CT molecular complexity index is 673. The number of imidazole rings is 1. The maximum absolute atomic E-state index is 11.6. The number of fused-ring (bicyclic) bond motifs is 1. The van der Waals surface area contributed by atoms with Crippen molar-refractivity contribution < 1.29 is 9.53 Å². The molecule has 0 saturated carbocycles. The number of aromatic nitrogens is 2. The number of carbonyl (C=O) groups is 1. The van der Waals surface area contributed by atoms with Crippen molar-refractivity contribution in [1.82, 2.24) is 9.55 Å². The quantitative estimate of drug-likeness (QED) is 0.811.